The third-order valence-electron chi connectivity index (χ3n) is 9.99. The molecule has 230 valence electrons. The fourth-order valence-corrected chi connectivity index (χ4v) is 7.24. The van der Waals surface area contributed by atoms with Gasteiger partial charge in [0.2, 0.25) is 0 Å². The molecule has 9 nitrogen and oxygen atoms in total. The largest absolute Gasteiger partial charge is 0.452 e. The first-order chi connectivity index (χ1) is 19.5. The van der Waals surface area contributed by atoms with E-state index in [4.69, 9.17) is 9.47 Å². The van der Waals surface area contributed by atoms with E-state index in [1.54, 1.807) is 0 Å². The summed E-state index contributed by atoms with van der Waals surface area (Å²) in [5.41, 5.74) is 0.278. The van der Waals surface area contributed by atoms with Gasteiger partial charge < -0.3 is 9.47 Å². The molecule has 1 aromatic heterocycles. The van der Waals surface area contributed by atoms with Crippen LogP contribution in [-0.4, -0.2) is 85.8 Å². The van der Waals surface area contributed by atoms with Crippen LogP contribution in [0.3, 0.4) is 0 Å². The van der Waals surface area contributed by atoms with Crippen LogP contribution in [0.2, 0.25) is 0 Å². The summed E-state index contributed by atoms with van der Waals surface area (Å²) in [5.74, 6) is 0.297. The van der Waals surface area contributed by atoms with Crippen molar-refractivity contribution in [2.45, 2.75) is 115 Å². The van der Waals surface area contributed by atoms with Crippen LogP contribution in [0.15, 0.2) is 30.3 Å². The molecule has 2 aliphatic heterocycles. The van der Waals surface area contributed by atoms with Gasteiger partial charge in [0.05, 0.1) is 0 Å². The number of rotatable bonds is 9. The molecule has 2 aliphatic rings. The van der Waals surface area contributed by atoms with E-state index in [0.29, 0.717) is 5.82 Å². The van der Waals surface area contributed by atoms with E-state index in [0.717, 1.165) is 43.8 Å². The van der Waals surface area contributed by atoms with Crippen LogP contribution < -0.4 is 9.47 Å². The Morgan fingerprint density at radius 2 is 1.02 bits per heavy atom. The molecule has 0 amide bonds. The van der Waals surface area contributed by atoms with E-state index in [1.165, 1.54) is 0 Å². The van der Waals surface area contributed by atoms with E-state index >= 15 is 0 Å². The number of nitrogens with zero attached hydrogens (tertiary/aromatic N) is 5. The highest BCUT2D eigenvalue weighted by Crippen LogP contribution is 2.43. The second-order valence-electron chi connectivity index (χ2n) is 14.7. The molecule has 2 atom stereocenters. The monoisotopic (exact) mass is 579 g/mol. The highest BCUT2D eigenvalue weighted by Gasteiger charge is 2.47. The van der Waals surface area contributed by atoms with Gasteiger partial charge in [-0.3, -0.25) is 19.4 Å². The summed E-state index contributed by atoms with van der Waals surface area (Å²) in [4.78, 5) is 43.3. The molecule has 0 radical (unpaired) electrons. The summed E-state index contributed by atoms with van der Waals surface area (Å²) in [7, 11) is 4.26. The lowest BCUT2D eigenvalue weighted by Crippen LogP contribution is -2.60. The third kappa shape index (κ3) is 6.67. The number of likely N-dealkylation sites (tertiary alicyclic amines) is 2. The summed E-state index contributed by atoms with van der Waals surface area (Å²) in [5, 5.41) is 0. The number of aldehydes is 2. The van der Waals surface area contributed by atoms with Gasteiger partial charge in [-0.15, -0.1) is 4.98 Å². The number of aromatic nitrogens is 3. The van der Waals surface area contributed by atoms with Gasteiger partial charge >= 0.3 is 12.0 Å². The predicted octanol–water partition coefficient (Wildman–Crippen LogP) is 5.23. The molecule has 9 heteroatoms. The Hall–Kier alpha value is -2.91. The molecular formula is C33H49N5O4. The molecule has 2 fully saturated rings. The van der Waals surface area contributed by atoms with Gasteiger partial charge in [0, 0.05) is 39.6 Å². The van der Waals surface area contributed by atoms with Crippen LogP contribution in [-0.2, 0) is 9.59 Å². The predicted molar refractivity (Wildman–Crippen MR) is 164 cm³/mol. The molecule has 42 heavy (non-hydrogen) atoms. The number of carbonyl (C=O) groups excluding carboxylic acids is 2. The maximum Gasteiger partial charge on any atom is 0.323 e. The van der Waals surface area contributed by atoms with Gasteiger partial charge in [-0.1, -0.05) is 30.3 Å². The Morgan fingerprint density at radius 1 is 0.667 bits per heavy atom. The molecule has 0 spiro atoms. The smallest absolute Gasteiger partial charge is 0.323 e. The summed E-state index contributed by atoms with van der Waals surface area (Å²) in [6.45, 7) is 17.5. The van der Waals surface area contributed by atoms with Crippen molar-refractivity contribution >= 4 is 12.6 Å². The minimum Gasteiger partial charge on any atom is -0.452 e. The van der Waals surface area contributed by atoms with Gasteiger partial charge in [0.15, 0.2) is 30.6 Å². The first-order valence-corrected chi connectivity index (χ1v) is 15.0. The van der Waals surface area contributed by atoms with Crippen LogP contribution >= 0.6 is 0 Å². The quantitative estimate of drug-likeness (QED) is 0.370. The van der Waals surface area contributed by atoms with Crippen molar-refractivity contribution in [2.24, 2.45) is 11.8 Å². The molecule has 0 N–H and O–H groups in total. The van der Waals surface area contributed by atoms with Crippen molar-refractivity contribution in [3.63, 3.8) is 0 Å². The molecule has 2 aromatic rings. The average Bonchev–Trinajstić information content (AvgIpc) is 2.91. The SMILES string of the molecule is CN1C(C)(C)CC(C(C=O)Oc2nc(OC(C=O)C3CC(C)(C)N(C)C(C)(C)C3)nc(-c3ccccc3)n2)CC1(C)C. The number of carbonyl (C=O) groups is 2. The molecule has 2 unspecified atom stereocenters. The summed E-state index contributed by atoms with van der Waals surface area (Å²) in [6.07, 6.45) is 3.35. The lowest BCUT2D eigenvalue weighted by atomic mass is 9.72. The van der Waals surface area contributed by atoms with Crippen molar-refractivity contribution in [2.75, 3.05) is 14.1 Å². The topological polar surface area (TPSA) is 97.8 Å². The number of piperidine rings is 2. The number of ether oxygens (including phenoxy) is 2. The molecule has 3 heterocycles. The number of benzene rings is 1. The Bertz CT molecular complexity index is 1150. The van der Waals surface area contributed by atoms with Crippen LogP contribution in [0.4, 0.5) is 0 Å². The van der Waals surface area contributed by atoms with E-state index in [1.807, 2.05) is 30.3 Å². The van der Waals surface area contributed by atoms with Crippen LogP contribution in [0.25, 0.3) is 11.4 Å². The maximum atomic E-state index is 12.4. The van der Waals surface area contributed by atoms with Gasteiger partial charge in [-0.05, 0) is 95.2 Å². The Labute approximate surface area is 251 Å². The molecule has 0 aliphatic carbocycles. The number of hydrogen-bond donors (Lipinski definition) is 0. The van der Waals surface area contributed by atoms with Crippen molar-refractivity contribution < 1.29 is 19.1 Å². The second-order valence-corrected chi connectivity index (χ2v) is 14.7. The summed E-state index contributed by atoms with van der Waals surface area (Å²) < 4.78 is 12.5. The van der Waals surface area contributed by atoms with Crippen molar-refractivity contribution in [3.05, 3.63) is 30.3 Å². The van der Waals surface area contributed by atoms with E-state index < -0.39 is 12.2 Å². The average molecular weight is 580 g/mol. The van der Waals surface area contributed by atoms with Crippen molar-refractivity contribution in [3.8, 4) is 23.4 Å². The van der Waals surface area contributed by atoms with E-state index in [2.05, 4.69) is 94.2 Å². The molecule has 2 saturated heterocycles. The zero-order valence-corrected chi connectivity index (χ0v) is 27.0. The molecule has 0 bridgehead atoms. The van der Waals surface area contributed by atoms with Crippen LogP contribution in [0.1, 0.15) is 81.1 Å². The fourth-order valence-electron chi connectivity index (χ4n) is 7.24. The Balaban J connectivity index is 1.66. The summed E-state index contributed by atoms with van der Waals surface area (Å²) >= 11 is 0. The van der Waals surface area contributed by atoms with Crippen LogP contribution in [0, 0.1) is 11.8 Å². The minimum atomic E-state index is -0.742. The van der Waals surface area contributed by atoms with Crippen molar-refractivity contribution in [1.29, 1.82) is 0 Å². The van der Waals surface area contributed by atoms with Gasteiger partial charge in [0.1, 0.15) is 0 Å². The Kier molecular flexibility index (Phi) is 8.87. The zero-order valence-electron chi connectivity index (χ0n) is 27.0. The highest BCUT2D eigenvalue weighted by molar-refractivity contribution is 5.59. The minimum absolute atomic E-state index is 0.0131. The number of hydrogen-bond acceptors (Lipinski definition) is 9. The normalized spacial score (nSPS) is 24.0. The maximum absolute atomic E-state index is 12.4. The van der Waals surface area contributed by atoms with Crippen LogP contribution in [0.5, 0.6) is 12.0 Å². The third-order valence-corrected chi connectivity index (χ3v) is 9.99. The first kappa shape index (κ1) is 32.0. The van der Waals surface area contributed by atoms with Gasteiger partial charge in [0.25, 0.3) is 0 Å². The lowest BCUT2D eigenvalue weighted by molar-refractivity contribution is -0.121. The molecule has 4 rings (SSSR count). The zero-order chi connectivity index (χ0) is 31.1. The highest BCUT2D eigenvalue weighted by atomic mass is 16.5. The standard InChI is InChI=1S/C33H49N5O4/c1-30(2)16-23(17-31(3,4)37(30)9)25(20-39)41-28-34-27(22-14-12-11-13-15-22)35-29(36-28)42-26(21-40)24-18-32(5,6)38(10)33(7,8)19-24/h11-15,20-21,23-26H,16-19H2,1-10H3. The van der Waals surface area contributed by atoms with Gasteiger partial charge in [-0.2, -0.15) is 9.97 Å². The lowest BCUT2D eigenvalue weighted by Gasteiger charge is -2.54. The first-order valence-electron chi connectivity index (χ1n) is 15.0. The van der Waals surface area contributed by atoms with E-state index in [9.17, 15) is 9.59 Å². The van der Waals surface area contributed by atoms with Crippen molar-refractivity contribution in [1.82, 2.24) is 24.8 Å². The molecular weight excluding hydrogens is 530 g/mol. The molecule has 1 aromatic carbocycles. The fraction of sp³-hybridized carbons (Fsp3) is 0.667. The second kappa shape index (κ2) is 11.6. The van der Waals surface area contributed by atoms with Gasteiger partial charge in [-0.25, -0.2) is 0 Å². The molecule has 0 saturated carbocycles. The Morgan fingerprint density at radius 3 is 1.36 bits per heavy atom. The summed E-state index contributed by atoms with van der Waals surface area (Å²) in [6, 6.07) is 9.51. The van der Waals surface area contributed by atoms with E-state index in [-0.39, 0.29) is 46.0 Å².